The average Bonchev–Trinajstić information content (AvgIpc) is 2.70. The topological polar surface area (TPSA) is 82.7 Å². The summed E-state index contributed by atoms with van der Waals surface area (Å²) in [7, 11) is 0. The highest BCUT2D eigenvalue weighted by atomic mass is 16.2. The number of carbonyl (C=O) groups excluding carboxylic acids is 1. The standard InChI is InChI=1S/C10H19N5O/c1-4-13-10(2,3)9(16)11-6-5-8-12-7-14-15-8/h7,13H,4-6H2,1-3H3,(H,11,16)(H,12,14,15). The van der Waals surface area contributed by atoms with E-state index in [1.54, 1.807) is 0 Å². The summed E-state index contributed by atoms with van der Waals surface area (Å²) in [6.07, 6.45) is 2.12. The summed E-state index contributed by atoms with van der Waals surface area (Å²) in [5.41, 5.74) is -0.532. The first-order valence-corrected chi connectivity index (χ1v) is 5.44. The van der Waals surface area contributed by atoms with Crippen molar-refractivity contribution < 1.29 is 4.79 Å². The Morgan fingerprint density at radius 1 is 1.56 bits per heavy atom. The Balaban J connectivity index is 2.30. The molecule has 0 aliphatic carbocycles. The fourth-order valence-electron chi connectivity index (χ4n) is 1.39. The lowest BCUT2D eigenvalue weighted by molar-refractivity contribution is -0.126. The van der Waals surface area contributed by atoms with Crippen LogP contribution in [0, 0.1) is 0 Å². The third-order valence-corrected chi connectivity index (χ3v) is 2.30. The molecule has 3 N–H and O–H groups in total. The Morgan fingerprint density at radius 3 is 2.88 bits per heavy atom. The fourth-order valence-corrected chi connectivity index (χ4v) is 1.39. The molecule has 1 aromatic heterocycles. The predicted octanol–water partition coefficient (Wildman–Crippen LogP) is -0.148. The summed E-state index contributed by atoms with van der Waals surface area (Å²) < 4.78 is 0. The minimum absolute atomic E-state index is 0.00568. The van der Waals surface area contributed by atoms with Gasteiger partial charge in [-0.25, -0.2) is 4.98 Å². The first-order valence-electron chi connectivity index (χ1n) is 5.44. The Labute approximate surface area is 95.2 Å². The molecule has 0 saturated carbocycles. The van der Waals surface area contributed by atoms with Crippen molar-refractivity contribution in [3.05, 3.63) is 12.2 Å². The highest BCUT2D eigenvalue weighted by Crippen LogP contribution is 2.01. The molecule has 0 fully saturated rings. The number of likely N-dealkylation sites (N-methyl/N-ethyl adjacent to an activating group) is 1. The molecule has 0 aromatic carbocycles. The molecule has 1 amide bonds. The lowest BCUT2D eigenvalue weighted by Gasteiger charge is -2.24. The zero-order chi connectivity index (χ0) is 12.0. The molecule has 0 saturated heterocycles. The van der Waals surface area contributed by atoms with Gasteiger partial charge in [-0.2, -0.15) is 5.10 Å². The van der Waals surface area contributed by atoms with Crippen molar-refractivity contribution in [1.29, 1.82) is 0 Å². The number of hydrogen-bond donors (Lipinski definition) is 3. The number of aromatic amines is 1. The van der Waals surface area contributed by atoms with Crippen LogP contribution in [0.5, 0.6) is 0 Å². The molecule has 1 aromatic rings. The van der Waals surface area contributed by atoms with Gasteiger partial charge in [-0.3, -0.25) is 9.89 Å². The highest BCUT2D eigenvalue weighted by Gasteiger charge is 2.25. The zero-order valence-corrected chi connectivity index (χ0v) is 10.0. The fraction of sp³-hybridized carbons (Fsp3) is 0.700. The van der Waals surface area contributed by atoms with E-state index in [2.05, 4.69) is 25.8 Å². The molecule has 1 rings (SSSR count). The number of aromatic nitrogens is 3. The van der Waals surface area contributed by atoms with E-state index in [-0.39, 0.29) is 5.91 Å². The van der Waals surface area contributed by atoms with Crippen LogP contribution in [-0.2, 0) is 11.2 Å². The molecule has 0 bridgehead atoms. The number of hydrogen-bond acceptors (Lipinski definition) is 4. The Hall–Kier alpha value is -1.43. The monoisotopic (exact) mass is 225 g/mol. The number of nitrogens with zero attached hydrogens (tertiary/aromatic N) is 2. The van der Waals surface area contributed by atoms with Crippen molar-refractivity contribution in [3.8, 4) is 0 Å². The van der Waals surface area contributed by atoms with E-state index >= 15 is 0 Å². The summed E-state index contributed by atoms with van der Waals surface area (Å²) in [4.78, 5) is 15.7. The normalized spacial score (nSPS) is 11.4. The van der Waals surface area contributed by atoms with Crippen LogP contribution >= 0.6 is 0 Å². The first kappa shape index (κ1) is 12.6. The second-order valence-corrected chi connectivity index (χ2v) is 4.09. The minimum Gasteiger partial charge on any atom is -0.354 e. The van der Waals surface area contributed by atoms with Crippen molar-refractivity contribution in [2.24, 2.45) is 0 Å². The average molecular weight is 225 g/mol. The Bertz CT molecular complexity index is 320. The van der Waals surface area contributed by atoms with Crippen molar-refractivity contribution >= 4 is 5.91 Å². The number of amides is 1. The second kappa shape index (κ2) is 5.60. The van der Waals surface area contributed by atoms with Crippen LogP contribution in [0.3, 0.4) is 0 Å². The van der Waals surface area contributed by atoms with Crippen molar-refractivity contribution in [2.75, 3.05) is 13.1 Å². The smallest absolute Gasteiger partial charge is 0.239 e. The van der Waals surface area contributed by atoms with Crippen molar-refractivity contribution in [1.82, 2.24) is 25.8 Å². The van der Waals surface area contributed by atoms with E-state index in [1.165, 1.54) is 6.33 Å². The molecule has 16 heavy (non-hydrogen) atoms. The van der Waals surface area contributed by atoms with Gasteiger partial charge in [-0.05, 0) is 20.4 Å². The van der Waals surface area contributed by atoms with Gasteiger partial charge in [0.1, 0.15) is 12.2 Å². The summed E-state index contributed by atoms with van der Waals surface area (Å²) >= 11 is 0. The summed E-state index contributed by atoms with van der Waals surface area (Å²) in [5, 5.41) is 12.5. The van der Waals surface area contributed by atoms with Gasteiger partial charge >= 0.3 is 0 Å². The summed E-state index contributed by atoms with van der Waals surface area (Å²) in [5.74, 6) is 0.774. The molecule has 0 atom stereocenters. The number of nitrogens with one attached hydrogen (secondary N) is 3. The molecule has 0 aliphatic heterocycles. The molecule has 0 radical (unpaired) electrons. The Morgan fingerprint density at radius 2 is 2.31 bits per heavy atom. The molecule has 1 heterocycles. The molecule has 0 aliphatic rings. The van der Waals surface area contributed by atoms with Crippen LogP contribution in [0.15, 0.2) is 6.33 Å². The molecule has 0 unspecified atom stereocenters. The van der Waals surface area contributed by atoms with Crippen LogP contribution < -0.4 is 10.6 Å². The summed E-state index contributed by atoms with van der Waals surface area (Å²) in [6.45, 7) is 7.02. The van der Waals surface area contributed by atoms with Gasteiger partial charge in [0.25, 0.3) is 0 Å². The summed E-state index contributed by atoms with van der Waals surface area (Å²) in [6, 6.07) is 0. The van der Waals surface area contributed by atoms with Gasteiger partial charge in [-0.1, -0.05) is 6.92 Å². The molecular formula is C10H19N5O. The van der Waals surface area contributed by atoms with E-state index in [9.17, 15) is 4.79 Å². The quantitative estimate of drug-likeness (QED) is 0.629. The molecule has 6 heteroatoms. The SMILES string of the molecule is CCNC(C)(C)C(=O)NCCc1ncn[nH]1. The van der Waals surface area contributed by atoms with Gasteiger partial charge in [0, 0.05) is 13.0 Å². The Kier molecular flexibility index (Phi) is 4.42. The largest absolute Gasteiger partial charge is 0.354 e. The number of H-pyrrole nitrogens is 1. The van der Waals surface area contributed by atoms with Gasteiger partial charge in [0.15, 0.2) is 0 Å². The number of carbonyl (C=O) groups is 1. The highest BCUT2D eigenvalue weighted by molar-refractivity contribution is 5.85. The van der Waals surface area contributed by atoms with E-state index in [1.807, 2.05) is 20.8 Å². The molecule has 0 spiro atoms. The first-order chi connectivity index (χ1) is 7.56. The van der Waals surface area contributed by atoms with Crippen LogP contribution in [-0.4, -0.2) is 39.7 Å². The second-order valence-electron chi connectivity index (χ2n) is 4.09. The van der Waals surface area contributed by atoms with Gasteiger partial charge in [0.2, 0.25) is 5.91 Å². The number of rotatable bonds is 6. The van der Waals surface area contributed by atoms with Crippen molar-refractivity contribution in [2.45, 2.75) is 32.7 Å². The molecule has 90 valence electrons. The molecule has 6 nitrogen and oxygen atoms in total. The van der Waals surface area contributed by atoms with E-state index in [0.29, 0.717) is 13.0 Å². The predicted molar refractivity (Wildman–Crippen MR) is 60.9 cm³/mol. The van der Waals surface area contributed by atoms with Crippen LogP contribution in [0.4, 0.5) is 0 Å². The van der Waals surface area contributed by atoms with Gasteiger partial charge < -0.3 is 10.6 Å². The van der Waals surface area contributed by atoms with Gasteiger partial charge in [0.05, 0.1) is 5.54 Å². The maximum absolute atomic E-state index is 11.8. The van der Waals surface area contributed by atoms with Crippen LogP contribution in [0.2, 0.25) is 0 Å². The zero-order valence-electron chi connectivity index (χ0n) is 10.0. The third-order valence-electron chi connectivity index (χ3n) is 2.30. The lowest BCUT2D eigenvalue weighted by Crippen LogP contribution is -2.52. The third kappa shape index (κ3) is 3.62. The van der Waals surface area contributed by atoms with E-state index < -0.39 is 5.54 Å². The van der Waals surface area contributed by atoms with Crippen molar-refractivity contribution in [3.63, 3.8) is 0 Å². The molecular weight excluding hydrogens is 206 g/mol. The van der Waals surface area contributed by atoms with E-state index in [0.717, 1.165) is 12.4 Å². The lowest BCUT2D eigenvalue weighted by atomic mass is 10.0. The maximum atomic E-state index is 11.8. The van der Waals surface area contributed by atoms with Crippen LogP contribution in [0.25, 0.3) is 0 Å². The van der Waals surface area contributed by atoms with E-state index in [4.69, 9.17) is 0 Å². The minimum atomic E-state index is -0.532. The maximum Gasteiger partial charge on any atom is 0.239 e. The van der Waals surface area contributed by atoms with Gasteiger partial charge in [-0.15, -0.1) is 0 Å². The van der Waals surface area contributed by atoms with Crippen LogP contribution in [0.1, 0.15) is 26.6 Å².